The number of hydrogen-bond acceptors (Lipinski definition) is 4. The summed E-state index contributed by atoms with van der Waals surface area (Å²) in [6.07, 6.45) is 6.44. The Balaban J connectivity index is 2.31. The molecule has 1 rings (SSSR count). The summed E-state index contributed by atoms with van der Waals surface area (Å²) in [5, 5.41) is 13.3. The number of ether oxygens (including phenoxy) is 1. The second-order valence-corrected chi connectivity index (χ2v) is 5.20. The van der Waals surface area contributed by atoms with E-state index in [9.17, 15) is 5.11 Å². The summed E-state index contributed by atoms with van der Waals surface area (Å²) in [4.78, 5) is 2.04. The summed E-state index contributed by atoms with van der Waals surface area (Å²) in [5.41, 5.74) is 2.44. The van der Waals surface area contributed by atoms with Crippen LogP contribution in [0.3, 0.4) is 0 Å². The lowest BCUT2D eigenvalue weighted by Gasteiger charge is -2.20. The van der Waals surface area contributed by atoms with E-state index >= 15 is 0 Å². The first kappa shape index (κ1) is 16.4. The highest BCUT2D eigenvalue weighted by Crippen LogP contribution is 2.23. The summed E-state index contributed by atoms with van der Waals surface area (Å²) < 4.78 is 5.43. The van der Waals surface area contributed by atoms with Crippen LogP contribution in [0.2, 0.25) is 0 Å². The molecule has 1 aliphatic rings. The van der Waals surface area contributed by atoms with Gasteiger partial charge >= 0.3 is 0 Å². The van der Waals surface area contributed by atoms with E-state index in [2.05, 4.69) is 18.3 Å². The van der Waals surface area contributed by atoms with Gasteiger partial charge in [0.15, 0.2) is 6.29 Å². The molecule has 4 nitrogen and oxygen atoms in total. The van der Waals surface area contributed by atoms with E-state index in [1.807, 2.05) is 25.1 Å². The maximum absolute atomic E-state index is 9.94. The van der Waals surface area contributed by atoms with Gasteiger partial charge in [-0.25, -0.2) is 0 Å². The van der Waals surface area contributed by atoms with Gasteiger partial charge in [0.25, 0.3) is 0 Å². The van der Waals surface area contributed by atoms with Crippen LogP contribution in [0, 0.1) is 0 Å². The molecule has 0 saturated heterocycles. The van der Waals surface area contributed by atoms with Crippen molar-refractivity contribution in [1.82, 2.24) is 10.2 Å². The first-order chi connectivity index (χ1) is 9.13. The molecule has 0 saturated carbocycles. The smallest absolute Gasteiger partial charge is 0.177 e. The number of hydrogen-bond donors (Lipinski definition) is 2. The van der Waals surface area contributed by atoms with Gasteiger partial charge in [-0.05, 0) is 52.0 Å². The van der Waals surface area contributed by atoms with Crippen LogP contribution in [0.4, 0.5) is 0 Å². The molecular weight excluding hydrogens is 240 g/mol. The quantitative estimate of drug-likeness (QED) is 0.492. The molecule has 19 heavy (non-hydrogen) atoms. The molecule has 0 amide bonds. The average Bonchev–Trinajstić information content (AvgIpc) is 2.39. The highest BCUT2D eigenvalue weighted by Gasteiger charge is 2.14. The number of aliphatic hydroxyl groups is 1. The van der Waals surface area contributed by atoms with Gasteiger partial charge in [-0.15, -0.1) is 0 Å². The van der Waals surface area contributed by atoms with Crippen LogP contribution in [0.1, 0.15) is 26.2 Å². The Morgan fingerprint density at radius 1 is 1.37 bits per heavy atom. The van der Waals surface area contributed by atoms with Crippen molar-refractivity contribution in [1.29, 1.82) is 0 Å². The van der Waals surface area contributed by atoms with E-state index in [1.165, 1.54) is 5.57 Å². The van der Waals surface area contributed by atoms with Crippen molar-refractivity contribution >= 4 is 0 Å². The van der Waals surface area contributed by atoms with Gasteiger partial charge in [0, 0.05) is 6.54 Å². The van der Waals surface area contributed by atoms with E-state index in [4.69, 9.17) is 4.74 Å². The molecular formula is C15H28N2O2. The predicted octanol–water partition coefficient (Wildman–Crippen LogP) is 1.53. The molecule has 0 aromatic carbocycles. The van der Waals surface area contributed by atoms with E-state index < -0.39 is 6.29 Å². The highest BCUT2D eigenvalue weighted by molar-refractivity contribution is 5.25. The second-order valence-electron chi connectivity index (χ2n) is 5.20. The minimum Gasteiger partial charge on any atom is -0.364 e. The minimum absolute atomic E-state index is 0.558. The zero-order valence-corrected chi connectivity index (χ0v) is 12.5. The van der Waals surface area contributed by atoms with Crippen molar-refractivity contribution in [2.45, 2.75) is 32.5 Å². The molecule has 1 atom stereocenters. The third-order valence-corrected chi connectivity index (χ3v) is 3.27. The van der Waals surface area contributed by atoms with Crippen LogP contribution < -0.4 is 5.32 Å². The first-order valence-corrected chi connectivity index (χ1v) is 7.17. The molecule has 1 aliphatic carbocycles. The lowest BCUT2D eigenvalue weighted by atomic mass is 9.96. The summed E-state index contributed by atoms with van der Waals surface area (Å²) in [6.45, 7) is 5.56. The second kappa shape index (κ2) is 9.26. The molecule has 0 aliphatic heterocycles. The fraction of sp³-hybridized carbons (Fsp3) is 0.733. The molecule has 0 heterocycles. The largest absolute Gasteiger partial charge is 0.364 e. The van der Waals surface area contributed by atoms with Crippen LogP contribution in [-0.4, -0.2) is 56.6 Å². The van der Waals surface area contributed by atoms with Crippen LogP contribution in [0.15, 0.2) is 23.3 Å². The van der Waals surface area contributed by atoms with Crippen LogP contribution in [0.5, 0.6) is 0 Å². The third-order valence-electron chi connectivity index (χ3n) is 3.27. The monoisotopic (exact) mass is 268 g/mol. The summed E-state index contributed by atoms with van der Waals surface area (Å²) in [6, 6.07) is 0. The maximum atomic E-state index is 9.94. The zero-order chi connectivity index (χ0) is 14.1. The lowest BCUT2D eigenvalue weighted by molar-refractivity contribution is -0.0768. The van der Waals surface area contributed by atoms with Crippen molar-refractivity contribution in [3.05, 3.63) is 23.3 Å². The zero-order valence-electron chi connectivity index (χ0n) is 12.5. The van der Waals surface area contributed by atoms with E-state index in [-0.39, 0.29) is 0 Å². The fourth-order valence-electron chi connectivity index (χ4n) is 1.99. The van der Waals surface area contributed by atoms with Crippen molar-refractivity contribution in [3.8, 4) is 0 Å². The van der Waals surface area contributed by atoms with Gasteiger partial charge in [-0.2, -0.15) is 0 Å². The Bertz CT molecular complexity index is 311. The first-order valence-electron chi connectivity index (χ1n) is 7.17. The number of likely N-dealkylation sites (N-methyl/N-ethyl adjacent to an activating group) is 1. The lowest BCUT2D eigenvalue weighted by Crippen LogP contribution is -2.24. The molecule has 0 fully saturated rings. The van der Waals surface area contributed by atoms with Crippen molar-refractivity contribution in [2.24, 2.45) is 0 Å². The molecule has 0 aromatic heterocycles. The summed E-state index contributed by atoms with van der Waals surface area (Å²) >= 11 is 0. The Hall–Kier alpha value is -0.680. The van der Waals surface area contributed by atoms with Crippen LogP contribution in [-0.2, 0) is 4.74 Å². The Morgan fingerprint density at radius 2 is 2.16 bits per heavy atom. The van der Waals surface area contributed by atoms with Gasteiger partial charge < -0.3 is 20.1 Å². The normalized spacial score (nSPS) is 17.3. The topological polar surface area (TPSA) is 44.7 Å². The van der Waals surface area contributed by atoms with Gasteiger partial charge in [0.2, 0.25) is 0 Å². The van der Waals surface area contributed by atoms with Gasteiger partial charge in [0.1, 0.15) is 0 Å². The van der Waals surface area contributed by atoms with E-state index in [1.54, 1.807) is 0 Å². The van der Waals surface area contributed by atoms with Crippen molar-refractivity contribution in [3.63, 3.8) is 0 Å². The summed E-state index contributed by atoms with van der Waals surface area (Å²) in [5.74, 6) is 0. The molecule has 2 N–H and O–H groups in total. The Kier molecular flexibility index (Phi) is 7.98. The molecule has 0 bridgehead atoms. The van der Waals surface area contributed by atoms with Crippen LogP contribution >= 0.6 is 0 Å². The van der Waals surface area contributed by atoms with Crippen molar-refractivity contribution in [2.75, 3.05) is 40.3 Å². The molecule has 4 heteroatoms. The number of aliphatic hydroxyl groups excluding tert-OH is 1. The average molecular weight is 268 g/mol. The van der Waals surface area contributed by atoms with Gasteiger partial charge in [-0.1, -0.05) is 24.6 Å². The Labute approximate surface area is 117 Å². The Morgan fingerprint density at radius 3 is 2.74 bits per heavy atom. The standard InChI is InChI=1S/C15H28N2O2/c1-4-16-10-9-13-5-7-14(8-6-13)15(18)19-12-11-17(2)3/h5,7,15-16,18H,4,6,8-12H2,1-3H3. The van der Waals surface area contributed by atoms with Crippen LogP contribution in [0.25, 0.3) is 0 Å². The van der Waals surface area contributed by atoms with Crippen molar-refractivity contribution < 1.29 is 9.84 Å². The van der Waals surface area contributed by atoms with E-state index in [0.29, 0.717) is 6.61 Å². The molecule has 0 spiro atoms. The highest BCUT2D eigenvalue weighted by atomic mass is 16.6. The molecule has 0 aromatic rings. The maximum Gasteiger partial charge on any atom is 0.177 e. The summed E-state index contributed by atoms with van der Waals surface area (Å²) in [7, 11) is 3.99. The SMILES string of the molecule is CCNCCC1=CC=C(C(O)OCCN(C)C)CC1. The van der Waals surface area contributed by atoms with Gasteiger partial charge in [0.05, 0.1) is 6.61 Å². The number of nitrogens with one attached hydrogen (secondary N) is 1. The number of nitrogens with zero attached hydrogens (tertiary/aromatic N) is 1. The fourth-order valence-corrected chi connectivity index (χ4v) is 1.99. The predicted molar refractivity (Wildman–Crippen MR) is 79.1 cm³/mol. The molecule has 1 unspecified atom stereocenters. The number of rotatable bonds is 9. The minimum atomic E-state index is -0.744. The van der Waals surface area contributed by atoms with Gasteiger partial charge in [-0.3, -0.25) is 0 Å². The van der Waals surface area contributed by atoms with E-state index in [0.717, 1.165) is 44.5 Å². The molecule has 0 radical (unpaired) electrons. The number of allylic oxidation sites excluding steroid dienone is 2. The molecule has 110 valence electrons. The third kappa shape index (κ3) is 6.87.